The molecule has 26 heavy (non-hydrogen) atoms. The molecule has 0 aromatic heterocycles. The van der Waals surface area contributed by atoms with Crippen LogP contribution in [0, 0.1) is 17.3 Å². The lowest BCUT2D eigenvalue weighted by Gasteiger charge is -2.62. The molecule has 3 saturated carbocycles. The fraction of sp³-hybridized carbons (Fsp3) is 0.905. The zero-order valence-corrected chi connectivity index (χ0v) is 16.1. The van der Waals surface area contributed by atoms with Crippen LogP contribution in [0.2, 0.25) is 0 Å². The summed E-state index contributed by atoms with van der Waals surface area (Å²) in [6, 6.07) is 0. The fourth-order valence-corrected chi connectivity index (χ4v) is 7.53. The van der Waals surface area contributed by atoms with Gasteiger partial charge < -0.3 is 24.8 Å². The first-order valence-corrected chi connectivity index (χ1v) is 10.3. The van der Waals surface area contributed by atoms with Gasteiger partial charge in [0.1, 0.15) is 17.3 Å². The number of ether oxygens (including phenoxy) is 2. The molecule has 5 nitrogen and oxygen atoms in total. The van der Waals surface area contributed by atoms with Crippen LogP contribution in [0.1, 0.15) is 58.8 Å². The van der Waals surface area contributed by atoms with Crippen molar-refractivity contribution in [2.24, 2.45) is 17.3 Å². The van der Waals surface area contributed by atoms with Crippen LogP contribution in [0.5, 0.6) is 0 Å². The van der Waals surface area contributed by atoms with Gasteiger partial charge in [0.05, 0.1) is 17.8 Å². The number of hydrogen-bond acceptors (Lipinski definition) is 5. The van der Waals surface area contributed by atoms with Gasteiger partial charge in [-0.2, -0.15) is 0 Å². The van der Waals surface area contributed by atoms with E-state index in [1.807, 2.05) is 6.92 Å². The van der Waals surface area contributed by atoms with Gasteiger partial charge in [-0.3, -0.25) is 0 Å². The molecule has 146 valence electrons. The summed E-state index contributed by atoms with van der Waals surface area (Å²) < 4.78 is 13.2. The van der Waals surface area contributed by atoms with E-state index in [-0.39, 0.29) is 23.4 Å². The van der Waals surface area contributed by atoms with Gasteiger partial charge in [0.15, 0.2) is 0 Å². The minimum absolute atomic E-state index is 0.00325. The molecule has 9 atom stereocenters. The van der Waals surface area contributed by atoms with Gasteiger partial charge in [-0.05, 0) is 73.8 Å². The number of fused-ring (bicyclic) bond motifs is 1. The van der Waals surface area contributed by atoms with E-state index in [4.69, 9.17) is 9.47 Å². The summed E-state index contributed by atoms with van der Waals surface area (Å²) in [4.78, 5) is 0. The average Bonchev–Trinajstić information content (AvgIpc) is 3.10. The maximum atomic E-state index is 10.8. The molecule has 0 aromatic rings. The average molecular weight is 364 g/mol. The number of hydrogen-bond donors (Lipinski definition) is 3. The molecule has 5 aliphatic rings. The lowest BCUT2D eigenvalue weighted by atomic mass is 9.54. The van der Waals surface area contributed by atoms with Crippen molar-refractivity contribution < 1.29 is 24.8 Å². The highest BCUT2D eigenvalue weighted by Crippen LogP contribution is 2.70. The van der Waals surface area contributed by atoms with Gasteiger partial charge in [-0.15, -0.1) is 0 Å². The van der Waals surface area contributed by atoms with E-state index in [2.05, 4.69) is 13.0 Å². The van der Waals surface area contributed by atoms with E-state index in [1.54, 1.807) is 7.11 Å². The zero-order chi connectivity index (χ0) is 18.5. The monoisotopic (exact) mass is 364 g/mol. The molecule has 4 fully saturated rings. The molecule has 2 spiro atoms. The van der Waals surface area contributed by atoms with Crippen molar-refractivity contribution in [1.29, 1.82) is 0 Å². The van der Waals surface area contributed by atoms with Crippen molar-refractivity contribution in [3.63, 3.8) is 0 Å². The Balaban J connectivity index is 1.68. The second-order valence-corrected chi connectivity index (χ2v) is 9.95. The van der Waals surface area contributed by atoms with Crippen molar-refractivity contribution in [3.8, 4) is 0 Å². The third-order valence-electron chi connectivity index (χ3n) is 9.03. The van der Waals surface area contributed by atoms with E-state index in [1.165, 1.54) is 0 Å². The molecule has 3 aliphatic carbocycles. The third kappa shape index (κ3) is 1.76. The topological polar surface area (TPSA) is 79.2 Å². The van der Waals surface area contributed by atoms with E-state index in [9.17, 15) is 15.3 Å². The predicted molar refractivity (Wildman–Crippen MR) is 95.5 cm³/mol. The molecule has 1 saturated heterocycles. The summed E-state index contributed by atoms with van der Waals surface area (Å²) in [6.45, 7) is 4.22. The first kappa shape index (κ1) is 17.6. The van der Waals surface area contributed by atoms with Gasteiger partial charge >= 0.3 is 0 Å². The van der Waals surface area contributed by atoms with E-state index in [0.717, 1.165) is 50.5 Å². The van der Waals surface area contributed by atoms with Crippen LogP contribution in [0.4, 0.5) is 0 Å². The molecule has 3 N–H and O–H groups in total. The Morgan fingerprint density at radius 1 is 1.12 bits per heavy atom. The van der Waals surface area contributed by atoms with Crippen molar-refractivity contribution in [1.82, 2.24) is 0 Å². The Bertz CT molecular complexity index is 663. The van der Waals surface area contributed by atoms with Crippen LogP contribution in [0.15, 0.2) is 11.6 Å². The third-order valence-corrected chi connectivity index (χ3v) is 9.03. The highest BCUT2D eigenvalue weighted by atomic mass is 16.6. The van der Waals surface area contributed by atoms with Crippen LogP contribution >= 0.6 is 0 Å². The van der Waals surface area contributed by atoms with E-state index in [0.29, 0.717) is 0 Å². The highest BCUT2D eigenvalue weighted by Gasteiger charge is 2.74. The Kier molecular flexibility index (Phi) is 3.47. The summed E-state index contributed by atoms with van der Waals surface area (Å²) >= 11 is 0. The lowest BCUT2D eigenvalue weighted by Crippen LogP contribution is -2.69. The number of aliphatic hydroxyl groups excluding tert-OH is 3. The summed E-state index contributed by atoms with van der Waals surface area (Å²) in [6.07, 6.45) is 6.18. The first-order valence-electron chi connectivity index (χ1n) is 10.3. The Morgan fingerprint density at radius 2 is 1.88 bits per heavy atom. The normalized spacial score (nSPS) is 60.8. The fourth-order valence-electron chi connectivity index (χ4n) is 7.53. The predicted octanol–water partition coefficient (Wildman–Crippen LogP) is 1.93. The molecule has 0 radical (unpaired) electrons. The maximum Gasteiger partial charge on any atom is 0.115 e. The molecular formula is C21H32O5. The van der Waals surface area contributed by atoms with Crippen molar-refractivity contribution in [2.75, 3.05) is 7.11 Å². The second-order valence-electron chi connectivity index (χ2n) is 9.95. The largest absolute Gasteiger partial charge is 0.393 e. The molecule has 2 aliphatic heterocycles. The second kappa shape index (κ2) is 5.12. The molecule has 0 amide bonds. The Labute approximate surface area is 155 Å². The summed E-state index contributed by atoms with van der Waals surface area (Å²) in [7, 11) is 1.75. The van der Waals surface area contributed by atoms with Crippen LogP contribution in [-0.4, -0.2) is 57.5 Å². The van der Waals surface area contributed by atoms with Crippen LogP contribution in [-0.2, 0) is 9.47 Å². The molecule has 5 rings (SSSR count). The molecule has 9 unspecified atom stereocenters. The summed E-state index contributed by atoms with van der Waals surface area (Å²) in [5.74, 6) is 0.256. The van der Waals surface area contributed by atoms with Gasteiger partial charge in [-0.25, -0.2) is 0 Å². The maximum absolute atomic E-state index is 10.8. The summed E-state index contributed by atoms with van der Waals surface area (Å²) in [5.41, 5.74) is -0.779. The minimum atomic E-state index is -0.885. The number of aliphatic hydroxyl groups is 3. The number of methoxy groups -OCH3 is 1. The molecular weight excluding hydrogens is 332 g/mol. The SMILES string of the molecule is COC12C=C3C(O)C(O)C(C)CC34CCC1(O4)C1CCC(O)C1(C)CC2. The minimum Gasteiger partial charge on any atom is -0.393 e. The standard InChI is InChI=1S/C21H32O5/c1-12-10-19-7-9-21(26-19)14-4-5-15(22)18(14,2)6-8-20(21,25-3)11-13(19)17(24)16(12)23/h11-12,14-17,22-24H,4-10H2,1-3H3. The Hall–Kier alpha value is -0.460. The van der Waals surface area contributed by atoms with Gasteiger partial charge in [0.25, 0.3) is 0 Å². The van der Waals surface area contributed by atoms with Crippen LogP contribution in [0.25, 0.3) is 0 Å². The molecule has 0 aromatic carbocycles. The first-order chi connectivity index (χ1) is 12.2. The van der Waals surface area contributed by atoms with Crippen molar-refractivity contribution >= 4 is 0 Å². The van der Waals surface area contributed by atoms with E-state index >= 15 is 0 Å². The van der Waals surface area contributed by atoms with Gasteiger partial charge in [0, 0.05) is 7.11 Å². The zero-order valence-electron chi connectivity index (χ0n) is 16.1. The van der Waals surface area contributed by atoms with Crippen LogP contribution < -0.4 is 0 Å². The Morgan fingerprint density at radius 3 is 2.62 bits per heavy atom. The highest BCUT2D eigenvalue weighted by molar-refractivity contribution is 5.41. The summed E-state index contributed by atoms with van der Waals surface area (Å²) in [5, 5.41) is 32.0. The van der Waals surface area contributed by atoms with Gasteiger partial charge in [-0.1, -0.05) is 13.8 Å². The molecule has 2 heterocycles. The van der Waals surface area contributed by atoms with Crippen molar-refractivity contribution in [3.05, 3.63) is 11.6 Å². The van der Waals surface area contributed by atoms with Crippen molar-refractivity contribution in [2.45, 2.75) is 93.9 Å². The number of rotatable bonds is 1. The van der Waals surface area contributed by atoms with Gasteiger partial charge in [0.2, 0.25) is 0 Å². The van der Waals surface area contributed by atoms with Crippen LogP contribution in [0.3, 0.4) is 0 Å². The smallest absolute Gasteiger partial charge is 0.115 e. The quantitative estimate of drug-likeness (QED) is 0.620. The molecule has 2 bridgehead atoms. The lowest BCUT2D eigenvalue weighted by molar-refractivity contribution is -0.274. The van der Waals surface area contributed by atoms with E-state index < -0.39 is 29.0 Å². The molecule has 5 heteroatoms.